The molecule has 2 rings (SSSR count). The van der Waals surface area contributed by atoms with Gasteiger partial charge in [0.25, 0.3) is 0 Å². The standard InChI is InChI=1S/C14H20N4O4S/c1-9-12(10(2)22-17-9)23(20,21)18-7-5-6-11(18)13(19)16-14(3,4)8-15/h11H,5-7H2,1-4H3,(H,16,19)/t11-/m1/s1. The third-order valence-corrected chi connectivity index (χ3v) is 5.91. The highest BCUT2D eigenvalue weighted by Gasteiger charge is 2.42. The van der Waals surface area contributed by atoms with E-state index in [9.17, 15) is 13.2 Å². The number of aryl methyl sites for hydroxylation is 2. The van der Waals surface area contributed by atoms with Gasteiger partial charge in [-0.3, -0.25) is 4.79 Å². The van der Waals surface area contributed by atoms with Gasteiger partial charge in [0.1, 0.15) is 22.2 Å². The van der Waals surface area contributed by atoms with E-state index in [0.29, 0.717) is 12.8 Å². The van der Waals surface area contributed by atoms with Crippen molar-refractivity contribution in [3.05, 3.63) is 11.5 Å². The monoisotopic (exact) mass is 340 g/mol. The Labute approximate surface area is 135 Å². The molecule has 1 aliphatic heterocycles. The lowest BCUT2D eigenvalue weighted by molar-refractivity contribution is -0.125. The van der Waals surface area contributed by atoms with E-state index in [-0.39, 0.29) is 22.9 Å². The lowest BCUT2D eigenvalue weighted by Gasteiger charge is -2.26. The Morgan fingerprint density at radius 2 is 2.13 bits per heavy atom. The quantitative estimate of drug-likeness (QED) is 0.869. The Kier molecular flexibility index (Phi) is 4.50. The van der Waals surface area contributed by atoms with E-state index in [1.165, 1.54) is 11.2 Å². The van der Waals surface area contributed by atoms with Gasteiger partial charge in [0, 0.05) is 6.54 Å². The fourth-order valence-electron chi connectivity index (χ4n) is 2.67. The number of sulfonamides is 1. The fourth-order valence-corrected chi connectivity index (χ4v) is 4.62. The van der Waals surface area contributed by atoms with Crippen molar-refractivity contribution in [2.75, 3.05) is 6.54 Å². The molecule has 0 aliphatic carbocycles. The first-order chi connectivity index (χ1) is 10.6. The second-order valence-electron chi connectivity index (χ2n) is 6.15. The second kappa shape index (κ2) is 5.94. The summed E-state index contributed by atoms with van der Waals surface area (Å²) < 4.78 is 31.8. The maximum atomic E-state index is 12.9. The molecule has 9 heteroatoms. The molecule has 0 bridgehead atoms. The van der Waals surface area contributed by atoms with Gasteiger partial charge >= 0.3 is 0 Å². The van der Waals surface area contributed by atoms with Crippen LogP contribution < -0.4 is 5.32 Å². The molecule has 0 spiro atoms. The van der Waals surface area contributed by atoms with E-state index in [1.807, 2.05) is 6.07 Å². The van der Waals surface area contributed by atoms with Gasteiger partial charge in [-0.25, -0.2) is 8.42 Å². The lowest BCUT2D eigenvalue weighted by Crippen LogP contribution is -2.52. The minimum absolute atomic E-state index is 0.0109. The zero-order chi connectivity index (χ0) is 17.4. The molecule has 1 saturated heterocycles. The van der Waals surface area contributed by atoms with Crippen LogP contribution in [0, 0.1) is 25.2 Å². The average Bonchev–Trinajstić information content (AvgIpc) is 3.06. The minimum Gasteiger partial charge on any atom is -0.360 e. The predicted octanol–water partition coefficient (Wildman–Crippen LogP) is 0.863. The molecular formula is C14H20N4O4S. The maximum Gasteiger partial charge on any atom is 0.249 e. The number of amides is 1. The van der Waals surface area contributed by atoms with Crippen LogP contribution in [0.2, 0.25) is 0 Å². The smallest absolute Gasteiger partial charge is 0.249 e. The van der Waals surface area contributed by atoms with Crippen molar-refractivity contribution in [3.63, 3.8) is 0 Å². The van der Waals surface area contributed by atoms with Crippen LogP contribution in [0.3, 0.4) is 0 Å². The molecule has 0 saturated carbocycles. The Hall–Kier alpha value is -1.92. The molecule has 1 aromatic heterocycles. The van der Waals surface area contributed by atoms with Crippen molar-refractivity contribution in [1.29, 1.82) is 5.26 Å². The molecule has 1 atom stereocenters. The molecule has 1 aromatic rings. The molecule has 1 amide bonds. The minimum atomic E-state index is -3.88. The van der Waals surface area contributed by atoms with Crippen LogP contribution in [0.5, 0.6) is 0 Å². The predicted molar refractivity (Wildman–Crippen MR) is 80.7 cm³/mol. The summed E-state index contributed by atoms with van der Waals surface area (Å²) in [5.41, 5.74) is -0.788. The normalized spacial score (nSPS) is 19.5. The third-order valence-electron chi connectivity index (χ3n) is 3.76. The number of rotatable bonds is 4. The van der Waals surface area contributed by atoms with Gasteiger partial charge in [0.2, 0.25) is 15.9 Å². The third kappa shape index (κ3) is 3.23. The van der Waals surface area contributed by atoms with Crippen molar-refractivity contribution in [2.24, 2.45) is 0 Å². The highest BCUT2D eigenvalue weighted by molar-refractivity contribution is 7.89. The zero-order valence-corrected chi connectivity index (χ0v) is 14.4. The van der Waals surface area contributed by atoms with Gasteiger partial charge in [-0.05, 0) is 40.5 Å². The molecule has 8 nitrogen and oxygen atoms in total. The summed E-state index contributed by atoms with van der Waals surface area (Å²) >= 11 is 0. The molecule has 1 aliphatic rings. The average molecular weight is 340 g/mol. The molecule has 1 N–H and O–H groups in total. The topological polar surface area (TPSA) is 116 Å². The molecule has 126 valence electrons. The van der Waals surface area contributed by atoms with Crippen LogP contribution in [-0.2, 0) is 14.8 Å². The van der Waals surface area contributed by atoms with Gasteiger partial charge in [0.05, 0.1) is 6.07 Å². The SMILES string of the molecule is Cc1noc(C)c1S(=O)(=O)N1CCC[C@@H]1C(=O)NC(C)(C)C#N. The first-order valence-electron chi connectivity index (χ1n) is 7.28. The van der Waals surface area contributed by atoms with Crippen LogP contribution >= 0.6 is 0 Å². The van der Waals surface area contributed by atoms with Crippen molar-refractivity contribution in [2.45, 2.75) is 57.0 Å². The van der Waals surface area contributed by atoms with E-state index in [4.69, 9.17) is 9.78 Å². The van der Waals surface area contributed by atoms with Crippen molar-refractivity contribution in [3.8, 4) is 6.07 Å². The van der Waals surface area contributed by atoms with E-state index < -0.39 is 27.5 Å². The van der Waals surface area contributed by atoms with Crippen LogP contribution in [0.15, 0.2) is 9.42 Å². The fraction of sp³-hybridized carbons (Fsp3) is 0.643. The Morgan fingerprint density at radius 3 is 2.65 bits per heavy atom. The molecule has 0 aromatic carbocycles. The molecule has 1 fully saturated rings. The Morgan fingerprint density at radius 1 is 1.48 bits per heavy atom. The van der Waals surface area contributed by atoms with Crippen LogP contribution in [-0.4, -0.2) is 41.9 Å². The van der Waals surface area contributed by atoms with Gasteiger partial charge in [-0.1, -0.05) is 5.16 Å². The first kappa shape index (κ1) is 17.4. The highest BCUT2D eigenvalue weighted by Crippen LogP contribution is 2.30. The van der Waals surface area contributed by atoms with Crippen molar-refractivity contribution < 1.29 is 17.7 Å². The second-order valence-corrected chi connectivity index (χ2v) is 7.98. The maximum absolute atomic E-state index is 12.9. The van der Waals surface area contributed by atoms with E-state index >= 15 is 0 Å². The molecule has 2 heterocycles. The number of hydrogen-bond acceptors (Lipinski definition) is 6. The summed E-state index contributed by atoms with van der Waals surface area (Å²) in [6, 6.07) is 1.14. The van der Waals surface area contributed by atoms with Gasteiger partial charge in [0.15, 0.2) is 5.76 Å². The number of carbonyl (C=O) groups excluding carboxylic acids is 1. The molecule has 23 heavy (non-hydrogen) atoms. The summed E-state index contributed by atoms with van der Waals surface area (Å²) in [4.78, 5) is 12.4. The lowest BCUT2D eigenvalue weighted by atomic mass is 10.1. The van der Waals surface area contributed by atoms with Crippen LogP contribution in [0.1, 0.15) is 38.1 Å². The van der Waals surface area contributed by atoms with Gasteiger partial charge in [-0.15, -0.1) is 0 Å². The zero-order valence-electron chi connectivity index (χ0n) is 13.6. The number of nitrogens with one attached hydrogen (secondary N) is 1. The number of nitriles is 1. The molecule has 0 unspecified atom stereocenters. The summed E-state index contributed by atoms with van der Waals surface area (Å²) in [5.74, 6) is -0.268. The van der Waals surface area contributed by atoms with Crippen molar-refractivity contribution in [1.82, 2.24) is 14.8 Å². The van der Waals surface area contributed by atoms with Crippen molar-refractivity contribution >= 4 is 15.9 Å². The largest absolute Gasteiger partial charge is 0.360 e. The van der Waals surface area contributed by atoms with E-state index in [2.05, 4.69) is 10.5 Å². The summed E-state index contributed by atoms with van der Waals surface area (Å²) in [6.07, 6.45) is 0.990. The summed E-state index contributed by atoms with van der Waals surface area (Å²) in [5, 5.41) is 15.3. The van der Waals surface area contributed by atoms with Crippen LogP contribution in [0.25, 0.3) is 0 Å². The number of nitrogens with zero attached hydrogens (tertiary/aromatic N) is 3. The van der Waals surface area contributed by atoms with Crippen LogP contribution in [0.4, 0.5) is 0 Å². The Bertz CT molecular complexity index is 741. The molecule has 0 radical (unpaired) electrons. The summed E-state index contributed by atoms with van der Waals surface area (Å²) in [7, 11) is -3.88. The first-order valence-corrected chi connectivity index (χ1v) is 8.72. The van der Waals surface area contributed by atoms with E-state index in [1.54, 1.807) is 20.8 Å². The molecular weight excluding hydrogens is 320 g/mol. The van der Waals surface area contributed by atoms with E-state index in [0.717, 1.165) is 0 Å². The number of aromatic nitrogens is 1. The Balaban J connectivity index is 2.32. The van der Waals surface area contributed by atoms with Gasteiger partial charge < -0.3 is 9.84 Å². The van der Waals surface area contributed by atoms with Gasteiger partial charge in [-0.2, -0.15) is 9.57 Å². The highest BCUT2D eigenvalue weighted by atomic mass is 32.2. The number of hydrogen-bond donors (Lipinski definition) is 1. The summed E-state index contributed by atoms with van der Waals surface area (Å²) in [6.45, 7) is 6.45. The number of carbonyl (C=O) groups is 1.